The van der Waals surface area contributed by atoms with Crippen LogP contribution in [0.15, 0.2) is 21.5 Å². The summed E-state index contributed by atoms with van der Waals surface area (Å²) >= 11 is 2.86. The van der Waals surface area contributed by atoms with Crippen molar-refractivity contribution in [2.75, 3.05) is 4.72 Å². The number of aryl methyl sites for hydroxylation is 1. The highest BCUT2D eigenvalue weighted by atomic mass is 79.9. The standard InChI is InChI=1S/C11H11BrF2N4O2S/c1-5-11(10(4-15)17-16-5)21(19,20)18-9-2-6(12)7(13)3-8(9)14/h2-3,18H,4,15H2,1H3,(H,16,17). The lowest BCUT2D eigenvalue weighted by molar-refractivity contribution is 0.579. The largest absolute Gasteiger partial charge is 0.325 e. The van der Waals surface area contributed by atoms with Crippen LogP contribution in [0.2, 0.25) is 0 Å². The highest BCUT2D eigenvalue weighted by Crippen LogP contribution is 2.27. The van der Waals surface area contributed by atoms with E-state index in [4.69, 9.17) is 5.73 Å². The minimum atomic E-state index is -4.10. The van der Waals surface area contributed by atoms with Crippen LogP contribution in [-0.2, 0) is 16.6 Å². The molecular formula is C11H11BrF2N4O2S. The summed E-state index contributed by atoms with van der Waals surface area (Å²) in [5, 5.41) is 6.27. The van der Waals surface area contributed by atoms with Gasteiger partial charge in [-0.3, -0.25) is 9.82 Å². The minimum Gasteiger partial charge on any atom is -0.325 e. The zero-order valence-corrected chi connectivity index (χ0v) is 13.1. The Morgan fingerprint density at radius 1 is 1.38 bits per heavy atom. The van der Waals surface area contributed by atoms with Crippen molar-refractivity contribution in [2.24, 2.45) is 5.73 Å². The number of H-pyrrole nitrogens is 1. The summed E-state index contributed by atoms with van der Waals surface area (Å²) in [7, 11) is -4.10. The fraction of sp³-hybridized carbons (Fsp3) is 0.182. The van der Waals surface area contributed by atoms with E-state index < -0.39 is 21.7 Å². The van der Waals surface area contributed by atoms with E-state index in [1.165, 1.54) is 6.92 Å². The van der Waals surface area contributed by atoms with E-state index in [0.29, 0.717) is 6.07 Å². The van der Waals surface area contributed by atoms with Gasteiger partial charge in [-0.1, -0.05) is 0 Å². The van der Waals surface area contributed by atoms with E-state index in [9.17, 15) is 17.2 Å². The highest BCUT2D eigenvalue weighted by Gasteiger charge is 2.25. The molecule has 0 aliphatic carbocycles. The fourth-order valence-electron chi connectivity index (χ4n) is 1.76. The first-order chi connectivity index (χ1) is 9.76. The average molecular weight is 381 g/mol. The van der Waals surface area contributed by atoms with Crippen molar-refractivity contribution in [2.45, 2.75) is 18.4 Å². The van der Waals surface area contributed by atoms with Crippen molar-refractivity contribution in [1.82, 2.24) is 10.2 Å². The van der Waals surface area contributed by atoms with Crippen LogP contribution in [0.1, 0.15) is 11.4 Å². The molecule has 10 heteroatoms. The maximum absolute atomic E-state index is 13.6. The van der Waals surface area contributed by atoms with Crippen molar-refractivity contribution in [3.05, 3.63) is 39.6 Å². The molecule has 0 radical (unpaired) electrons. The molecule has 1 aromatic heterocycles. The van der Waals surface area contributed by atoms with Gasteiger partial charge in [-0.25, -0.2) is 17.2 Å². The number of anilines is 1. The Balaban J connectivity index is 2.47. The lowest BCUT2D eigenvalue weighted by Gasteiger charge is -2.10. The first-order valence-electron chi connectivity index (χ1n) is 5.67. The summed E-state index contributed by atoms with van der Waals surface area (Å²) in [5.41, 5.74) is 5.43. The first kappa shape index (κ1) is 15.9. The molecule has 0 fully saturated rings. The summed E-state index contributed by atoms with van der Waals surface area (Å²) in [5.74, 6) is -1.87. The third-order valence-corrected chi connectivity index (χ3v) is 4.85. The molecule has 6 nitrogen and oxygen atoms in total. The zero-order valence-electron chi connectivity index (χ0n) is 10.7. The molecule has 2 aromatic rings. The second-order valence-corrected chi connectivity index (χ2v) is 6.65. The lowest BCUT2D eigenvalue weighted by Crippen LogP contribution is -2.17. The summed E-state index contributed by atoms with van der Waals surface area (Å²) < 4.78 is 53.4. The summed E-state index contributed by atoms with van der Waals surface area (Å²) in [6.07, 6.45) is 0. The summed E-state index contributed by atoms with van der Waals surface area (Å²) in [6.45, 7) is 1.40. The third kappa shape index (κ3) is 3.06. The number of aromatic nitrogens is 2. The highest BCUT2D eigenvalue weighted by molar-refractivity contribution is 9.10. The predicted octanol–water partition coefficient (Wildman–Crippen LogP) is 2.02. The van der Waals surface area contributed by atoms with Gasteiger partial charge in [-0.15, -0.1) is 0 Å². The monoisotopic (exact) mass is 380 g/mol. The van der Waals surface area contributed by atoms with Gasteiger partial charge in [0.05, 0.1) is 21.5 Å². The number of sulfonamides is 1. The molecule has 2 rings (SSSR count). The molecule has 0 spiro atoms. The molecule has 114 valence electrons. The molecule has 0 atom stereocenters. The van der Waals surface area contributed by atoms with Crippen LogP contribution in [-0.4, -0.2) is 18.6 Å². The van der Waals surface area contributed by atoms with Crippen LogP contribution < -0.4 is 10.5 Å². The Hall–Kier alpha value is -1.52. The van der Waals surface area contributed by atoms with Crippen LogP contribution in [0.3, 0.4) is 0 Å². The Bertz CT molecular complexity index is 792. The van der Waals surface area contributed by atoms with E-state index in [2.05, 4.69) is 30.8 Å². The maximum Gasteiger partial charge on any atom is 0.265 e. The number of halogens is 3. The molecule has 0 amide bonds. The van der Waals surface area contributed by atoms with Crippen LogP contribution in [0.5, 0.6) is 0 Å². The van der Waals surface area contributed by atoms with Gasteiger partial charge in [0.25, 0.3) is 10.0 Å². The molecule has 0 aliphatic heterocycles. The Morgan fingerprint density at radius 3 is 2.67 bits per heavy atom. The van der Waals surface area contributed by atoms with Gasteiger partial charge in [0, 0.05) is 12.6 Å². The Kier molecular flexibility index (Phi) is 4.30. The van der Waals surface area contributed by atoms with Crippen molar-refractivity contribution in [1.29, 1.82) is 0 Å². The molecular weight excluding hydrogens is 370 g/mol. The molecule has 21 heavy (non-hydrogen) atoms. The van der Waals surface area contributed by atoms with Gasteiger partial charge in [0.2, 0.25) is 0 Å². The topological polar surface area (TPSA) is 101 Å². The van der Waals surface area contributed by atoms with E-state index in [-0.39, 0.29) is 33.0 Å². The van der Waals surface area contributed by atoms with Gasteiger partial charge in [-0.05, 0) is 28.9 Å². The second kappa shape index (κ2) is 5.70. The number of aromatic amines is 1. The van der Waals surface area contributed by atoms with Crippen molar-refractivity contribution in [3.63, 3.8) is 0 Å². The molecule has 0 aliphatic rings. The summed E-state index contributed by atoms with van der Waals surface area (Å²) in [6, 6.07) is 1.58. The number of hydrogen-bond acceptors (Lipinski definition) is 4. The second-order valence-electron chi connectivity index (χ2n) is 4.18. The van der Waals surface area contributed by atoms with Gasteiger partial charge in [0.15, 0.2) is 0 Å². The van der Waals surface area contributed by atoms with E-state index >= 15 is 0 Å². The van der Waals surface area contributed by atoms with Crippen LogP contribution in [0, 0.1) is 18.6 Å². The minimum absolute atomic E-state index is 0.0652. The zero-order chi connectivity index (χ0) is 15.8. The number of benzene rings is 1. The summed E-state index contributed by atoms with van der Waals surface area (Å²) in [4.78, 5) is -0.148. The van der Waals surface area contributed by atoms with E-state index in [1.807, 2.05) is 0 Å². The van der Waals surface area contributed by atoms with E-state index in [1.54, 1.807) is 0 Å². The quantitative estimate of drug-likeness (QED) is 0.706. The molecule has 0 saturated carbocycles. The number of rotatable bonds is 4. The maximum atomic E-state index is 13.6. The van der Waals surface area contributed by atoms with E-state index in [0.717, 1.165) is 6.07 Å². The number of hydrogen-bond donors (Lipinski definition) is 3. The lowest BCUT2D eigenvalue weighted by atomic mass is 10.3. The van der Waals surface area contributed by atoms with Crippen molar-refractivity contribution >= 4 is 31.6 Å². The Labute approximate surface area is 127 Å². The first-order valence-corrected chi connectivity index (χ1v) is 7.95. The fourth-order valence-corrected chi connectivity index (χ4v) is 3.54. The molecule has 0 saturated heterocycles. The normalized spacial score (nSPS) is 11.7. The van der Waals surface area contributed by atoms with Crippen LogP contribution in [0.25, 0.3) is 0 Å². The predicted molar refractivity (Wildman–Crippen MR) is 76.1 cm³/mol. The van der Waals surface area contributed by atoms with Gasteiger partial charge < -0.3 is 5.73 Å². The molecule has 0 unspecified atom stereocenters. The van der Waals surface area contributed by atoms with Crippen molar-refractivity contribution < 1.29 is 17.2 Å². The van der Waals surface area contributed by atoms with Gasteiger partial charge in [-0.2, -0.15) is 5.10 Å². The molecule has 1 aromatic carbocycles. The molecule has 4 N–H and O–H groups in total. The molecule has 1 heterocycles. The third-order valence-electron chi connectivity index (χ3n) is 2.68. The van der Waals surface area contributed by atoms with Gasteiger partial charge >= 0.3 is 0 Å². The number of nitrogens with one attached hydrogen (secondary N) is 2. The van der Waals surface area contributed by atoms with Gasteiger partial charge in [0.1, 0.15) is 16.5 Å². The van der Waals surface area contributed by atoms with Crippen LogP contribution in [0.4, 0.5) is 14.5 Å². The number of nitrogens with zero attached hydrogens (tertiary/aromatic N) is 1. The molecule has 0 bridgehead atoms. The Morgan fingerprint density at radius 2 is 2.05 bits per heavy atom. The van der Waals surface area contributed by atoms with Crippen LogP contribution >= 0.6 is 15.9 Å². The number of nitrogens with two attached hydrogens (primary N) is 1. The SMILES string of the molecule is Cc1[nH]nc(CN)c1S(=O)(=O)Nc1cc(Br)c(F)cc1F. The van der Waals surface area contributed by atoms with Crippen molar-refractivity contribution in [3.8, 4) is 0 Å². The smallest absolute Gasteiger partial charge is 0.265 e. The average Bonchev–Trinajstić information content (AvgIpc) is 2.77.